The van der Waals surface area contributed by atoms with Crippen LogP contribution >= 0.6 is 0 Å². The molecule has 0 bridgehead atoms. The molecule has 32 heavy (non-hydrogen) atoms. The summed E-state index contributed by atoms with van der Waals surface area (Å²) in [6.45, 7) is 3.91. The van der Waals surface area contributed by atoms with Gasteiger partial charge in [-0.3, -0.25) is 9.10 Å². The van der Waals surface area contributed by atoms with Gasteiger partial charge >= 0.3 is 0 Å². The Balaban J connectivity index is 1.62. The van der Waals surface area contributed by atoms with Crippen molar-refractivity contribution in [1.82, 2.24) is 5.43 Å². The molecule has 7 nitrogen and oxygen atoms in total. The van der Waals surface area contributed by atoms with Gasteiger partial charge < -0.3 is 4.74 Å². The summed E-state index contributed by atoms with van der Waals surface area (Å²) < 4.78 is 32.2. The van der Waals surface area contributed by atoms with Gasteiger partial charge in [0.15, 0.2) is 0 Å². The third kappa shape index (κ3) is 5.73. The number of rotatable bonds is 8. The highest BCUT2D eigenvalue weighted by Crippen LogP contribution is 2.22. The van der Waals surface area contributed by atoms with Crippen LogP contribution in [0.1, 0.15) is 29.8 Å². The first-order valence-corrected chi connectivity index (χ1v) is 11.5. The van der Waals surface area contributed by atoms with Gasteiger partial charge in [-0.2, -0.15) is 5.10 Å². The Labute approximate surface area is 188 Å². The van der Waals surface area contributed by atoms with Crippen molar-refractivity contribution in [2.45, 2.75) is 24.8 Å². The molecule has 0 fully saturated rings. The molecule has 0 atom stereocenters. The largest absolute Gasteiger partial charge is 0.491 e. The molecule has 0 saturated carbocycles. The van der Waals surface area contributed by atoms with Crippen LogP contribution in [0, 0.1) is 0 Å². The van der Waals surface area contributed by atoms with Crippen LogP contribution in [0.25, 0.3) is 0 Å². The van der Waals surface area contributed by atoms with E-state index >= 15 is 0 Å². The van der Waals surface area contributed by atoms with Gasteiger partial charge in [-0.1, -0.05) is 18.2 Å². The van der Waals surface area contributed by atoms with Gasteiger partial charge in [0.1, 0.15) is 5.75 Å². The van der Waals surface area contributed by atoms with Crippen molar-refractivity contribution in [2.24, 2.45) is 5.10 Å². The van der Waals surface area contributed by atoms with Crippen LogP contribution in [0.5, 0.6) is 5.75 Å². The van der Waals surface area contributed by atoms with Crippen LogP contribution in [0.3, 0.4) is 0 Å². The van der Waals surface area contributed by atoms with Gasteiger partial charge in [0.25, 0.3) is 15.9 Å². The second-order valence-electron chi connectivity index (χ2n) is 7.27. The summed E-state index contributed by atoms with van der Waals surface area (Å²) in [7, 11) is -2.21. The monoisotopic (exact) mass is 451 g/mol. The minimum atomic E-state index is -3.68. The second kappa shape index (κ2) is 10.1. The van der Waals surface area contributed by atoms with Crippen molar-refractivity contribution < 1.29 is 17.9 Å². The summed E-state index contributed by atoms with van der Waals surface area (Å²) in [5.41, 5.74) is 4.08. The number of hydrazone groups is 1. The van der Waals surface area contributed by atoms with Crippen LogP contribution in [0.2, 0.25) is 0 Å². The zero-order valence-electron chi connectivity index (χ0n) is 18.1. The molecule has 0 spiro atoms. The second-order valence-corrected chi connectivity index (χ2v) is 9.24. The zero-order valence-corrected chi connectivity index (χ0v) is 18.9. The van der Waals surface area contributed by atoms with Gasteiger partial charge in [-0.15, -0.1) is 0 Å². The lowest BCUT2D eigenvalue weighted by molar-refractivity contribution is 0.0955. The molecule has 3 aromatic carbocycles. The van der Waals surface area contributed by atoms with Crippen molar-refractivity contribution in [3.8, 4) is 5.75 Å². The minimum Gasteiger partial charge on any atom is -0.491 e. The van der Waals surface area contributed by atoms with Crippen LogP contribution in [0.4, 0.5) is 5.69 Å². The summed E-state index contributed by atoms with van der Waals surface area (Å²) in [5.74, 6) is 0.363. The maximum Gasteiger partial charge on any atom is 0.271 e. The molecule has 8 heteroatoms. The summed E-state index contributed by atoms with van der Waals surface area (Å²) in [5, 5.41) is 3.97. The molecule has 0 saturated heterocycles. The van der Waals surface area contributed by atoms with E-state index in [2.05, 4.69) is 10.5 Å². The first-order valence-electron chi connectivity index (χ1n) is 10.0. The summed E-state index contributed by atoms with van der Waals surface area (Å²) >= 11 is 0. The molecule has 1 N–H and O–H groups in total. The topological polar surface area (TPSA) is 88.1 Å². The molecule has 0 aliphatic heterocycles. The molecule has 3 rings (SSSR count). The van der Waals surface area contributed by atoms with E-state index in [1.54, 1.807) is 42.5 Å². The van der Waals surface area contributed by atoms with E-state index in [-0.39, 0.29) is 11.0 Å². The first kappa shape index (κ1) is 23.0. The van der Waals surface area contributed by atoms with Crippen LogP contribution in [-0.4, -0.2) is 33.7 Å². The van der Waals surface area contributed by atoms with E-state index in [9.17, 15) is 13.2 Å². The summed E-state index contributed by atoms with van der Waals surface area (Å²) in [6, 6.07) is 21.8. The fourth-order valence-electron chi connectivity index (χ4n) is 2.85. The van der Waals surface area contributed by atoms with E-state index in [1.165, 1.54) is 29.7 Å². The maximum atomic E-state index is 12.7. The Morgan fingerprint density at radius 3 is 2.19 bits per heavy atom. The molecule has 0 aliphatic rings. The van der Waals surface area contributed by atoms with E-state index in [0.717, 1.165) is 11.3 Å². The number of nitrogens with zero attached hydrogens (tertiary/aromatic N) is 2. The zero-order chi connectivity index (χ0) is 23.1. The van der Waals surface area contributed by atoms with Gasteiger partial charge in [0.2, 0.25) is 0 Å². The average molecular weight is 452 g/mol. The molecule has 0 heterocycles. The highest BCUT2D eigenvalue weighted by atomic mass is 32.2. The number of anilines is 1. The lowest BCUT2D eigenvalue weighted by Gasteiger charge is -2.19. The first-order chi connectivity index (χ1) is 15.3. The molecule has 0 aliphatic carbocycles. The van der Waals surface area contributed by atoms with Crippen LogP contribution < -0.4 is 14.5 Å². The SMILES string of the molecule is CC(C)Oc1ccc(/C=N\NC(=O)c2ccc(N(C)S(=O)(=O)c3ccccc3)cc2)cc1. The van der Waals surface area contributed by atoms with Crippen molar-refractivity contribution in [3.63, 3.8) is 0 Å². The molecule has 166 valence electrons. The summed E-state index contributed by atoms with van der Waals surface area (Å²) in [4.78, 5) is 12.5. The van der Waals surface area contributed by atoms with Crippen molar-refractivity contribution in [3.05, 3.63) is 90.0 Å². The smallest absolute Gasteiger partial charge is 0.271 e. The Morgan fingerprint density at radius 2 is 1.59 bits per heavy atom. The van der Waals surface area contributed by atoms with Crippen LogP contribution in [0.15, 0.2) is 88.9 Å². The number of carbonyl (C=O) groups excluding carboxylic acids is 1. The fraction of sp³-hybridized carbons (Fsp3) is 0.167. The van der Waals surface area contributed by atoms with Gasteiger partial charge in [0, 0.05) is 12.6 Å². The average Bonchev–Trinajstić information content (AvgIpc) is 2.80. The lowest BCUT2D eigenvalue weighted by Crippen LogP contribution is -2.26. The molecule has 1 amide bonds. The molecule has 0 aromatic heterocycles. The predicted octanol–water partition coefficient (Wildman–Crippen LogP) is 4.06. The number of hydrogen-bond acceptors (Lipinski definition) is 5. The number of carbonyl (C=O) groups is 1. The van der Waals surface area contributed by atoms with E-state index in [1.807, 2.05) is 38.1 Å². The van der Waals surface area contributed by atoms with Crippen molar-refractivity contribution >= 4 is 27.8 Å². The predicted molar refractivity (Wildman–Crippen MR) is 126 cm³/mol. The third-order valence-electron chi connectivity index (χ3n) is 4.53. The lowest BCUT2D eigenvalue weighted by atomic mass is 10.2. The van der Waals surface area contributed by atoms with Gasteiger partial charge in [-0.05, 0) is 80.1 Å². The summed E-state index contributed by atoms with van der Waals surface area (Å²) in [6.07, 6.45) is 1.63. The van der Waals surface area contributed by atoms with E-state index < -0.39 is 15.9 Å². The number of sulfonamides is 1. The number of benzene rings is 3. The van der Waals surface area contributed by atoms with Crippen LogP contribution in [-0.2, 0) is 10.0 Å². The number of hydrogen-bond donors (Lipinski definition) is 1. The Hall–Kier alpha value is -3.65. The number of nitrogens with one attached hydrogen (secondary N) is 1. The molecule has 3 aromatic rings. The number of amides is 1. The van der Waals surface area contributed by atoms with E-state index in [4.69, 9.17) is 4.74 Å². The van der Waals surface area contributed by atoms with E-state index in [0.29, 0.717) is 11.3 Å². The Kier molecular flexibility index (Phi) is 7.27. The number of ether oxygens (including phenoxy) is 1. The normalized spacial score (nSPS) is 11.5. The molecular formula is C24H25N3O4S. The highest BCUT2D eigenvalue weighted by Gasteiger charge is 2.21. The van der Waals surface area contributed by atoms with Crippen molar-refractivity contribution in [2.75, 3.05) is 11.4 Å². The van der Waals surface area contributed by atoms with Crippen molar-refractivity contribution in [1.29, 1.82) is 0 Å². The van der Waals surface area contributed by atoms with Gasteiger partial charge in [-0.25, -0.2) is 13.8 Å². The Morgan fingerprint density at radius 1 is 0.969 bits per heavy atom. The molecular weight excluding hydrogens is 426 g/mol. The van der Waals surface area contributed by atoms with Gasteiger partial charge in [0.05, 0.1) is 22.9 Å². The third-order valence-corrected chi connectivity index (χ3v) is 6.33. The quantitative estimate of drug-likeness (QED) is 0.413. The minimum absolute atomic E-state index is 0.0958. The maximum absolute atomic E-state index is 12.7. The Bertz CT molecular complexity index is 1170. The fourth-order valence-corrected chi connectivity index (χ4v) is 4.06. The molecule has 0 unspecified atom stereocenters. The molecule has 0 radical (unpaired) electrons. The standard InChI is InChI=1S/C24H25N3O4S/c1-18(2)31-22-15-9-19(10-16-22)17-25-26-24(28)20-11-13-21(14-12-20)27(3)32(29,30)23-7-5-4-6-8-23/h4-18H,1-3H3,(H,26,28)/b25-17-. The highest BCUT2D eigenvalue weighted by molar-refractivity contribution is 7.92.